The van der Waals surface area contributed by atoms with E-state index in [0.717, 1.165) is 0 Å². The molecule has 0 bridgehead atoms. The van der Waals surface area contributed by atoms with Crippen LogP contribution in [0.3, 0.4) is 0 Å². The van der Waals surface area contributed by atoms with Gasteiger partial charge in [0.25, 0.3) is 0 Å². The summed E-state index contributed by atoms with van der Waals surface area (Å²) in [6.45, 7) is 2.30. The van der Waals surface area contributed by atoms with Crippen molar-refractivity contribution in [3.8, 4) is 0 Å². The third-order valence-corrected chi connectivity index (χ3v) is 7.26. The predicted octanol–water partition coefficient (Wildman–Crippen LogP) is 3.93. The van der Waals surface area contributed by atoms with Gasteiger partial charge >= 0.3 is 0 Å². The number of rotatable bonds is 5. The predicted molar refractivity (Wildman–Crippen MR) is 103 cm³/mol. The molecular formula is C21H24NP. The smallest absolute Gasteiger partial charge is 0.0285 e. The zero-order valence-corrected chi connectivity index (χ0v) is 14.9. The van der Waals surface area contributed by atoms with Crippen LogP contribution in [0.15, 0.2) is 84.5 Å². The van der Waals surface area contributed by atoms with Gasteiger partial charge in [0.2, 0.25) is 0 Å². The summed E-state index contributed by atoms with van der Waals surface area (Å²) in [6, 6.07) is 22.4. The third kappa shape index (κ3) is 3.47. The van der Waals surface area contributed by atoms with Crippen molar-refractivity contribution < 1.29 is 0 Å². The van der Waals surface area contributed by atoms with Crippen LogP contribution in [0.1, 0.15) is 6.92 Å². The molecule has 118 valence electrons. The molecule has 0 spiro atoms. The lowest BCUT2D eigenvalue weighted by Crippen LogP contribution is -2.32. The largest absolute Gasteiger partial charge is 0.303 e. The highest BCUT2D eigenvalue weighted by atomic mass is 31.1. The minimum absolute atomic E-state index is 0.430. The van der Waals surface area contributed by atoms with Crippen LogP contribution >= 0.6 is 7.92 Å². The number of allylic oxidation sites excluding steroid dienone is 3. The maximum absolute atomic E-state index is 2.39. The molecule has 0 heterocycles. The summed E-state index contributed by atoms with van der Waals surface area (Å²) in [6.07, 6.45) is 6.94. The molecule has 23 heavy (non-hydrogen) atoms. The van der Waals surface area contributed by atoms with Gasteiger partial charge in [0.15, 0.2) is 0 Å². The van der Waals surface area contributed by atoms with Crippen molar-refractivity contribution in [1.29, 1.82) is 0 Å². The molecule has 0 unspecified atom stereocenters. The average Bonchev–Trinajstić information content (AvgIpc) is 3.05. The molecular weight excluding hydrogens is 297 g/mol. The van der Waals surface area contributed by atoms with Crippen molar-refractivity contribution in [3.05, 3.63) is 84.5 Å². The number of hydrogen-bond donors (Lipinski definition) is 0. The maximum atomic E-state index is 2.39. The summed E-state index contributed by atoms with van der Waals surface area (Å²) in [4.78, 5) is 2.30. The molecule has 1 nitrogen and oxygen atoms in total. The molecule has 2 atom stereocenters. The van der Waals surface area contributed by atoms with Gasteiger partial charge in [-0.3, -0.25) is 0 Å². The molecule has 0 aromatic heterocycles. The number of nitrogens with zero attached hydrogens (tertiary/aromatic N) is 1. The van der Waals surface area contributed by atoms with E-state index in [1.165, 1.54) is 16.2 Å². The Balaban J connectivity index is 2.03. The van der Waals surface area contributed by atoms with Gasteiger partial charge in [-0.2, -0.15) is 0 Å². The SMILES string of the molecule is C[C@H](C1=CC=C[C@@H]1P(c1ccccc1)c1ccccc1)N(C)C. The van der Waals surface area contributed by atoms with Crippen LogP contribution in [0.4, 0.5) is 0 Å². The van der Waals surface area contributed by atoms with Crippen molar-refractivity contribution in [2.75, 3.05) is 14.1 Å². The van der Waals surface area contributed by atoms with Crippen molar-refractivity contribution in [2.24, 2.45) is 0 Å². The Morgan fingerprint density at radius 2 is 1.39 bits per heavy atom. The van der Waals surface area contributed by atoms with E-state index >= 15 is 0 Å². The first kappa shape index (κ1) is 16.2. The van der Waals surface area contributed by atoms with Crippen LogP contribution < -0.4 is 10.6 Å². The molecule has 1 aliphatic carbocycles. The Kier molecular flexibility index (Phi) is 5.10. The molecule has 0 N–H and O–H groups in total. The van der Waals surface area contributed by atoms with Crippen LogP contribution in [0.2, 0.25) is 0 Å². The molecule has 1 aliphatic rings. The highest BCUT2D eigenvalue weighted by Crippen LogP contribution is 2.46. The molecule has 2 heteroatoms. The van der Waals surface area contributed by atoms with Crippen molar-refractivity contribution in [2.45, 2.75) is 18.6 Å². The van der Waals surface area contributed by atoms with Gasteiger partial charge in [0, 0.05) is 11.7 Å². The van der Waals surface area contributed by atoms with Gasteiger partial charge in [-0.15, -0.1) is 0 Å². The van der Waals surface area contributed by atoms with Gasteiger partial charge in [-0.1, -0.05) is 78.9 Å². The molecule has 2 aromatic carbocycles. The normalized spacial score (nSPS) is 18.5. The van der Waals surface area contributed by atoms with Crippen LogP contribution in [-0.2, 0) is 0 Å². The van der Waals surface area contributed by atoms with Crippen LogP contribution in [0, 0.1) is 0 Å². The molecule has 0 aliphatic heterocycles. The van der Waals surface area contributed by atoms with Gasteiger partial charge in [-0.25, -0.2) is 0 Å². The lowest BCUT2D eigenvalue weighted by atomic mass is 10.1. The van der Waals surface area contributed by atoms with Crippen LogP contribution in [-0.4, -0.2) is 30.7 Å². The summed E-state index contributed by atoms with van der Waals surface area (Å²) in [7, 11) is 3.89. The quantitative estimate of drug-likeness (QED) is 0.754. The van der Waals surface area contributed by atoms with E-state index < -0.39 is 7.92 Å². The molecule has 0 fully saturated rings. The van der Waals surface area contributed by atoms with E-state index in [4.69, 9.17) is 0 Å². The van der Waals surface area contributed by atoms with Crippen LogP contribution in [0.5, 0.6) is 0 Å². The summed E-state index contributed by atoms with van der Waals surface area (Å²) in [5, 5.41) is 2.89. The maximum Gasteiger partial charge on any atom is 0.0285 e. The Bertz CT molecular complexity index is 649. The topological polar surface area (TPSA) is 3.24 Å². The monoisotopic (exact) mass is 321 g/mol. The summed E-state index contributed by atoms with van der Waals surface area (Å²) >= 11 is 0. The number of hydrogen-bond acceptors (Lipinski definition) is 1. The Hall–Kier alpha value is -1.69. The molecule has 0 saturated carbocycles. The van der Waals surface area contributed by atoms with Gasteiger partial charge in [0.1, 0.15) is 0 Å². The number of likely N-dealkylation sites (N-methyl/N-ethyl adjacent to an activating group) is 1. The third-order valence-electron chi connectivity index (χ3n) is 4.53. The van der Waals surface area contributed by atoms with Crippen LogP contribution in [0.25, 0.3) is 0 Å². The second-order valence-corrected chi connectivity index (χ2v) is 8.51. The van der Waals surface area contributed by atoms with Gasteiger partial charge in [0.05, 0.1) is 0 Å². The van der Waals surface area contributed by atoms with E-state index in [2.05, 4.69) is 105 Å². The fraction of sp³-hybridized carbons (Fsp3) is 0.238. The summed E-state index contributed by atoms with van der Waals surface area (Å²) < 4.78 is 0. The fourth-order valence-electron chi connectivity index (χ4n) is 3.05. The van der Waals surface area contributed by atoms with E-state index in [1.54, 1.807) is 0 Å². The second kappa shape index (κ2) is 7.25. The van der Waals surface area contributed by atoms with E-state index in [-0.39, 0.29) is 0 Å². The summed E-state index contributed by atoms with van der Waals surface area (Å²) in [5.74, 6) is 0. The highest BCUT2D eigenvalue weighted by Gasteiger charge is 2.30. The van der Waals surface area contributed by atoms with Gasteiger partial charge < -0.3 is 4.90 Å². The molecule has 0 saturated heterocycles. The summed E-state index contributed by atoms with van der Waals surface area (Å²) in [5.41, 5.74) is 2.00. The van der Waals surface area contributed by atoms with Crippen molar-refractivity contribution in [1.82, 2.24) is 4.90 Å². The zero-order valence-electron chi connectivity index (χ0n) is 14.1. The molecule has 2 aromatic rings. The Morgan fingerprint density at radius 1 is 0.870 bits per heavy atom. The minimum Gasteiger partial charge on any atom is -0.303 e. The molecule has 0 amide bonds. The Morgan fingerprint density at radius 3 is 1.87 bits per heavy atom. The standard InChI is InChI=1S/C21H24NP/c1-17(22(2)3)20-15-10-16-21(20)23(18-11-6-4-7-12-18)19-13-8-5-9-14-19/h4-17,21H,1-3H3/t17-,21+/m1/s1. The first-order valence-electron chi connectivity index (χ1n) is 8.12. The van der Waals surface area contributed by atoms with E-state index in [1.807, 2.05) is 0 Å². The molecule has 0 radical (unpaired) electrons. The lowest BCUT2D eigenvalue weighted by Gasteiger charge is -2.32. The highest BCUT2D eigenvalue weighted by molar-refractivity contribution is 7.74. The second-order valence-electron chi connectivity index (χ2n) is 6.18. The van der Waals surface area contributed by atoms with E-state index in [9.17, 15) is 0 Å². The van der Waals surface area contributed by atoms with Crippen molar-refractivity contribution >= 4 is 18.5 Å². The van der Waals surface area contributed by atoms with Crippen molar-refractivity contribution in [3.63, 3.8) is 0 Å². The first-order valence-corrected chi connectivity index (χ1v) is 9.53. The number of benzene rings is 2. The lowest BCUT2D eigenvalue weighted by molar-refractivity contribution is 0.349. The average molecular weight is 321 g/mol. The van der Waals surface area contributed by atoms with E-state index in [0.29, 0.717) is 11.7 Å². The van der Waals surface area contributed by atoms with Gasteiger partial charge in [-0.05, 0) is 45.1 Å². The fourth-order valence-corrected chi connectivity index (χ4v) is 5.85. The Labute approximate surface area is 141 Å². The zero-order chi connectivity index (χ0) is 16.2. The first-order chi connectivity index (χ1) is 11.2. The minimum atomic E-state index is -0.430. The molecule has 3 rings (SSSR count).